The molecule has 3 aliphatic rings. The lowest BCUT2D eigenvalue weighted by molar-refractivity contribution is -0.170. The second kappa shape index (κ2) is 6.01. The molecule has 1 aliphatic heterocycles. The first-order valence-corrected chi connectivity index (χ1v) is 10.5. The number of anilines is 1. The Hall–Kier alpha value is -3.06. The Kier molecular flexibility index (Phi) is 3.85. The second-order valence-electron chi connectivity index (χ2n) is 9.80. The van der Waals surface area contributed by atoms with Gasteiger partial charge >= 0.3 is 6.09 Å². The number of benzene rings is 2. The van der Waals surface area contributed by atoms with Crippen molar-refractivity contribution in [2.24, 2.45) is 5.92 Å². The molecule has 2 aromatic carbocycles. The van der Waals surface area contributed by atoms with Gasteiger partial charge < -0.3 is 20.3 Å². The molecule has 0 spiro atoms. The van der Waals surface area contributed by atoms with Crippen molar-refractivity contribution < 1.29 is 24.2 Å². The minimum atomic E-state index is -2.14. The molecule has 0 saturated heterocycles. The third kappa shape index (κ3) is 2.62. The maximum atomic E-state index is 13.8. The third-order valence-electron chi connectivity index (χ3n) is 6.43. The van der Waals surface area contributed by atoms with Crippen LogP contribution in [0.3, 0.4) is 0 Å². The van der Waals surface area contributed by atoms with E-state index in [1.54, 1.807) is 45.0 Å². The summed E-state index contributed by atoms with van der Waals surface area (Å²) in [6.07, 6.45) is 0.254. The van der Waals surface area contributed by atoms with Gasteiger partial charge in [0.1, 0.15) is 11.4 Å². The second-order valence-corrected chi connectivity index (χ2v) is 9.80. The highest BCUT2D eigenvalue weighted by Crippen LogP contribution is 2.60. The number of ketones is 1. The predicted molar refractivity (Wildman–Crippen MR) is 114 cm³/mol. The number of rotatable bonds is 2. The number of amides is 1. The first kappa shape index (κ1) is 19.9. The maximum Gasteiger partial charge on any atom is 0.408 e. The molecular weight excluding hydrogens is 396 g/mol. The van der Waals surface area contributed by atoms with Crippen molar-refractivity contribution in [3.05, 3.63) is 58.7 Å². The number of aliphatic hydroxyl groups is 1. The topological polar surface area (TPSA) is 111 Å². The Morgan fingerprint density at radius 2 is 1.97 bits per heavy atom. The minimum absolute atomic E-state index is 0.145. The molecule has 5 rings (SSSR count). The predicted octanol–water partition coefficient (Wildman–Crippen LogP) is 3.55. The van der Waals surface area contributed by atoms with Crippen molar-refractivity contribution >= 4 is 17.6 Å². The number of nitrogen functional groups attached to an aromatic ring is 1. The number of carbonyl (C=O) groups excluding carboxylic acids is 2. The maximum absolute atomic E-state index is 13.8. The molecule has 4 atom stereocenters. The Morgan fingerprint density at radius 1 is 1.26 bits per heavy atom. The normalized spacial score (nSPS) is 30.2. The smallest absolute Gasteiger partial charge is 0.408 e. The summed E-state index contributed by atoms with van der Waals surface area (Å²) in [5, 5.41) is 14.5. The first-order chi connectivity index (χ1) is 14.5. The molecular formula is C24H26N2O5. The van der Waals surface area contributed by atoms with Gasteiger partial charge in [0.2, 0.25) is 11.3 Å². The van der Waals surface area contributed by atoms with Crippen LogP contribution in [0, 0.1) is 5.92 Å². The van der Waals surface area contributed by atoms with Gasteiger partial charge in [0.15, 0.2) is 0 Å². The molecule has 1 saturated carbocycles. The molecule has 4 N–H and O–H groups in total. The van der Waals surface area contributed by atoms with Crippen molar-refractivity contribution in [3.63, 3.8) is 0 Å². The number of fused-ring (bicyclic) bond motifs is 5. The summed E-state index contributed by atoms with van der Waals surface area (Å²) in [5.41, 5.74) is 5.47. The molecule has 1 unspecified atom stereocenters. The number of carbonyl (C=O) groups is 2. The fourth-order valence-corrected chi connectivity index (χ4v) is 4.86. The molecule has 162 valence electrons. The van der Waals surface area contributed by atoms with Gasteiger partial charge in [-0.25, -0.2) is 4.79 Å². The summed E-state index contributed by atoms with van der Waals surface area (Å²) in [6.45, 7) is 7.35. The summed E-state index contributed by atoms with van der Waals surface area (Å²) in [4.78, 5) is 26.6. The Labute approximate surface area is 180 Å². The van der Waals surface area contributed by atoms with Crippen LogP contribution in [0.2, 0.25) is 0 Å². The number of Topliss-reactive ketones (excluding diaryl/α,β-unsaturated/α-hetero) is 1. The van der Waals surface area contributed by atoms with Crippen molar-refractivity contribution in [2.75, 3.05) is 5.73 Å². The minimum Gasteiger partial charge on any atom is -0.454 e. The molecule has 1 amide bonds. The van der Waals surface area contributed by atoms with Gasteiger partial charge in [-0.15, -0.1) is 0 Å². The summed E-state index contributed by atoms with van der Waals surface area (Å²) in [5.74, 6) is -1.28. The van der Waals surface area contributed by atoms with Gasteiger partial charge in [-0.1, -0.05) is 31.2 Å². The van der Waals surface area contributed by atoms with Gasteiger partial charge in [0, 0.05) is 16.8 Å². The number of hydrogen-bond donors (Lipinski definition) is 3. The van der Waals surface area contributed by atoms with Gasteiger partial charge in [-0.05, 0) is 56.7 Å². The molecule has 31 heavy (non-hydrogen) atoms. The SMILES string of the molecule is C[C@@H]1C[C@H]1c1ccc2c(c1)O[C@]1(O)c3cccc(N)c3C(=O)C21NC(=O)OC(C)(C)C. The number of hydrogen-bond acceptors (Lipinski definition) is 6. The average molecular weight is 422 g/mol. The first-order valence-electron chi connectivity index (χ1n) is 10.5. The van der Waals surface area contributed by atoms with Crippen LogP contribution in [0.5, 0.6) is 5.75 Å². The number of ether oxygens (including phenoxy) is 2. The van der Waals surface area contributed by atoms with Gasteiger partial charge in [-0.3, -0.25) is 10.1 Å². The number of nitrogens with one attached hydrogen (secondary N) is 1. The zero-order valence-corrected chi connectivity index (χ0v) is 18.0. The standard InChI is InChI=1S/C24H26N2O5/c1-12-10-14(12)13-8-9-15-18(11-13)30-24(29)16-6-5-7-17(25)19(16)20(27)23(15,24)26-21(28)31-22(2,3)4/h5-9,11-12,14,29H,10,25H2,1-4H3,(H,26,28)/t12-,14-,23?,24-/m1/s1. The molecule has 7 heteroatoms. The van der Waals surface area contributed by atoms with Gasteiger partial charge in [0.05, 0.1) is 5.56 Å². The van der Waals surface area contributed by atoms with E-state index in [0.717, 1.165) is 12.0 Å². The molecule has 1 fully saturated rings. The molecule has 1 heterocycles. The van der Waals surface area contributed by atoms with Crippen LogP contribution in [0.4, 0.5) is 10.5 Å². The fourth-order valence-electron chi connectivity index (χ4n) is 4.86. The van der Waals surface area contributed by atoms with E-state index >= 15 is 0 Å². The van der Waals surface area contributed by atoms with E-state index in [1.807, 2.05) is 12.1 Å². The fraction of sp³-hybridized carbons (Fsp3) is 0.417. The zero-order chi connectivity index (χ0) is 22.3. The summed E-state index contributed by atoms with van der Waals surface area (Å²) in [7, 11) is 0. The van der Waals surface area contributed by atoms with E-state index in [-0.39, 0.29) is 16.8 Å². The van der Waals surface area contributed by atoms with E-state index in [9.17, 15) is 14.7 Å². The zero-order valence-electron chi connectivity index (χ0n) is 18.0. The van der Waals surface area contributed by atoms with Crippen molar-refractivity contribution in [2.45, 2.75) is 57.0 Å². The van der Waals surface area contributed by atoms with Crippen LogP contribution < -0.4 is 15.8 Å². The highest BCUT2D eigenvalue weighted by Gasteiger charge is 2.72. The quantitative estimate of drug-likeness (QED) is 0.639. The monoisotopic (exact) mass is 422 g/mol. The lowest BCUT2D eigenvalue weighted by atomic mass is 9.82. The van der Waals surface area contributed by atoms with Crippen molar-refractivity contribution in [1.29, 1.82) is 0 Å². The van der Waals surface area contributed by atoms with Crippen LogP contribution in [-0.4, -0.2) is 22.6 Å². The van der Waals surface area contributed by atoms with E-state index in [4.69, 9.17) is 15.2 Å². The summed E-state index contributed by atoms with van der Waals surface area (Å²) in [6, 6.07) is 10.4. The average Bonchev–Trinajstić information content (AvgIpc) is 3.29. The Balaban J connectivity index is 1.68. The van der Waals surface area contributed by atoms with Gasteiger partial charge in [0.25, 0.3) is 5.79 Å². The number of alkyl carbamates (subject to hydrolysis) is 1. The lowest BCUT2D eigenvalue weighted by Crippen LogP contribution is -2.60. The molecule has 2 aromatic rings. The molecule has 0 radical (unpaired) electrons. The molecule has 7 nitrogen and oxygen atoms in total. The molecule has 2 aliphatic carbocycles. The Bertz CT molecular complexity index is 1140. The highest BCUT2D eigenvalue weighted by molar-refractivity contribution is 6.14. The van der Waals surface area contributed by atoms with Crippen molar-refractivity contribution in [1.82, 2.24) is 5.32 Å². The van der Waals surface area contributed by atoms with E-state index in [2.05, 4.69) is 12.2 Å². The Morgan fingerprint density at radius 3 is 2.61 bits per heavy atom. The van der Waals surface area contributed by atoms with Crippen LogP contribution in [0.15, 0.2) is 36.4 Å². The summed E-state index contributed by atoms with van der Waals surface area (Å²) >= 11 is 0. The lowest BCUT2D eigenvalue weighted by Gasteiger charge is -2.35. The van der Waals surface area contributed by atoms with E-state index < -0.39 is 28.8 Å². The van der Waals surface area contributed by atoms with Crippen LogP contribution in [-0.2, 0) is 16.1 Å². The van der Waals surface area contributed by atoms with E-state index in [1.165, 1.54) is 0 Å². The van der Waals surface area contributed by atoms with Crippen LogP contribution >= 0.6 is 0 Å². The largest absolute Gasteiger partial charge is 0.454 e. The third-order valence-corrected chi connectivity index (χ3v) is 6.43. The molecule has 0 bridgehead atoms. The summed E-state index contributed by atoms with van der Waals surface area (Å²) < 4.78 is 11.5. The van der Waals surface area contributed by atoms with Crippen LogP contribution in [0.1, 0.15) is 67.1 Å². The van der Waals surface area contributed by atoms with E-state index in [0.29, 0.717) is 23.1 Å². The van der Waals surface area contributed by atoms with Crippen molar-refractivity contribution in [3.8, 4) is 5.75 Å². The molecule has 0 aromatic heterocycles. The van der Waals surface area contributed by atoms with Gasteiger partial charge in [-0.2, -0.15) is 0 Å². The number of nitrogens with two attached hydrogens (primary N) is 1. The highest BCUT2D eigenvalue weighted by atomic mass is 16.6. The van der Waals surface area contributed by atoms with Crippen LogP contribution in [0.25, 0.3) is 0 Å².